The molecule has 0 unspecified atom stereocenters. The molecular weight excluding hydrogens is 353 g/mol. The summed E-state index contributed by atoms with van der Waals surface area (Å²) in [6, 6.07) is 10.7. The summed E-state index contributed by atoms with van der Waals surface area (Å²) in [5.41, 5.74) is 6.87. The molecule has 146 valence electrons. The summed E-state index contributed by atoms with van der Waals surface area (Å²) in [6.07, 6.45) is 0. The number of hydrogen-bond donors (Lipinski definition) is 1. The first-order valence-corrected chi connectivity index (χ1v) is 10.0. The Morgan fingerprint density at radius 1 is 0.852 bits per heavy atom. The minimum atomic E-state index is -0.658. The van der Waals surface area contributed by atoms with Gasteiger partial charge in [0.05, 0.1) is 0 Å². The molecule has 0 saturated carbocycles. The third kappa shape index (κ3) is 5.22. The Kier molecular flexibility index (Phi) is 6.26. The van der Waals surface area contributed by atoms with Gasteiger partial charge in [0.1, 0.15) is 5.75 Å². The van der Waals surface area contributed by atoms with E-state index in [0.717, 1.165) is 11.4 Å². The average Bonchev–Trinajstić information content (AvgIpc) is 2.48. The molecule has 0 saturated heterocycles. The lowest BCUT2D eigenvalue weighted by Crippen LogP contribution is -2.30. The second-order valence-corrected chi connectivity index (χ2v) is 9.93. The number of aryl methyl sites for hydroxylation is 3. The Balaban J connectivity index is 2.41. The van der Waals surface area contributed by atoms with Crippen molar-refractivity contribution >= 4 is 23.6 Å². The van der Waals surface area contributed by atoms with E-state index in [1.807, 2.05) is 0 Å². The first-order valence-electron chi connectivity index (χ1n) is 9.60. The summed E-state index contributed by atoms with van der Waals surface area (Å²) in [4.78, 5) is 0. The fourth-order valence-electron chi connectivity index (χ4n) is 3.50. The fourth-order valence-corrected chi connectivity index (χ4v) is 3.70. The zero-order valence-electron chi connectivity index (χ0n) is 18.3. The Bertz CT molecular complexity index is 763. The number of para-hydroxylation sites is 1. The summed E-state index contributed by atoms with van der Waals surface area (Å²) in [5.74, 6) is 0.882. The van der Waals surface area contributed by atoms with Crippen molar-refractivity contribution in [1.29, 1.82) is 0 Å². The summed E-state index contributed by atoms with van der Waals surface area (Å²) in [6.45, 7) is 18.8. The van der Waals surface area contributed by atoms with Gasteiger partial charge >= 0.3 is 6.47 Å². The first kappa shape index (κ1) is 21.7. The SMILES string of the molecule is Cc1cc(C)c(NB(Cl)Oc2c(C(C)(C)C)cccc2C(C)(C)C)c(C)c1. The van der Waals surface area contributed by atoms with E-state index in [0.29, 0.717) is 0 Å². The van der Waals surface area contributed by atoms with Gasteiger partial charge in [0.15, 0.2) is 0 Å². The smallest absolute Gasteiger partial charge is 0.528 e. The Labute approximate surface area is 170 Å². The molecule has 2 nitrogen and oxygen atoms in total. The van der Waals surface area contributed by atoms with E-state index in [4.69, 9.17) is 16.1 Å². The first-order chi connectivity index (χ1) is 12.3. The van der Waals surface area contributed by atoms with Crippen LogP contribution in [-0.4, -0.2) is 6.47 Å². The molecule has 0 amide bonds. The molecule has 0 aromatic heterocycles. The summed E-state index contributed by atoms with van der Waals surface area (Å²) in [5, 5.41) is 3.35. The van der Waals surface area contributed by atoms with Crippen molar-refractivity contribution in [1.82, 2.24) is 0 Å². The van der Waals surface area contributed by atoms with Gasteiger partial charge in [0.2, 0.25) is 0 Å². The van der Waals surface area contributed by atoms with Crippen LogP contribution in [0.1, 0.15) is 69.4 Å². The summed E-state index contributed by atoms with van der Waals surface area (Å²) >= 11 is 6.64. The molecule has 0 bridgehead atoms. The van der Waals surface area contributed by atoms with Crippen molar-refractivity contribution in [2.24, 2.45) is 0 Å². The number of halogens is 1. The maximum absolute atomic E-state index is 6.64. The quantitative estimate of drug-likeness (QED) is 0.576. The standard InChI is InChI=1S/C23H33BClNO/c1-15-13-16(2)20(17(3)14-15)26-24(25)27-21-18(22(4,5)6)11-10-12-19(21)23(7,8)9/h10-14,26H,1-9H3. The molecule has 0 spiro atoms. The third-order valence-electron chi connectivity index (χ3n) is 4.79. The molecule has 0 aliphatic carbocycles. The number of rotatable bonds is 4. The monoisotopic (exact) mass is 385 g/mol. The number of benzene rings is 2. The van der Waals surface area contributed by atoms with Gasteiger partial charge in [-0.2, -0.15) is 0 Å². The lowest BCUT2D eigenvalue weighted by Gasteiger charge is -2.30. The molecule has 0 atom stereocenters. The van der Waals surface area contributed by atoms with Crippen LogP contribution in [0.15, 0.2) is 30.3 Å². The van der Waals surface area contributed by atoms with Crippen LogP contribution in [-0.2, 0) is 10.8 Å². The molecule has 0 aliphatic rings. The van der Waals surface area contributed by atoms with Gasteiger partial charge in [0.25, 0.3) is 0 Å². The molecular formula is C23H33BClNO. The predicted octanol–water partition coefficient (Wildman–Crippen LogP) is 6.92. The summed E-state index contributed by atoms with van der Waals surface area (Å²) in [7, 11) is 0. The van der Waals surface area contributed by atoms with Crippen LogP contribution in [0.3, 0.4) is 0 Å². The molecule has 2 aromatic carbocycles. The lowest BCUT2D eigenvalue weighted by molar-refractivity contribution is 0.492. The van der Waals surface area contributed by atoms with E-state index in [1.165, 1.54) is 27.8 Å². The van der Waals surface area contributed by atoms with Gasteiger partial charge in [-0.05, 0) is 53.9 Å². The van der Waals surface area contributed by atoms with E-state index < -0.39 is 6.47 Å². The highest BCUT2D eigenvalue weighted by Gasteiger charge is 2.29. The molecule has 0 aliphatic heterocycles. The van der Waals surface area contributed by atoms with E-state index in [1.54, 1.807) is 0 Å². The second kappa shape index (κ2) is 7.79. The molecule has 2 aromatic rings. The van der Waals surface area contributed by atoms with E-state index in [2.05, 4.69) is 97.9 Å². The normalized spacial score (nSPS) is 12.1. The van der Waals surface area contributed by atoms with Crippen molar-refractivity contribution in [3.8, 4) is 5.75 Å². The van der Waals surface area contributed by atoms with Gasteiger partial charge < -0.3 is 9.88 Å². The van der Waals surface area contributed by atoms with E-state index in [9.17, 15) is 0 Å². The van der Waals surface area contributed by atoms with E-state index >= 15 is 0 Å². The van der Waals surface area contributed by atoms with Crippen molar-refractivity contribution in [2.45, 2.75) is 73.1 Å². The van der Waals surface area contributed by atoms with Crippen molar-refractivity contribution in [3.05, 3.63) is 58.1 Å². The molecule has 27 heavy (non-hydrogen) atoms. The van der Waals surface area contributed by atoms with Gasteiger partial charge in [0, 0.05) is 5.69 Å². The van der Waals surface area contributed by atoms with Crippen LogP contribution >= 0.6 is 11.5 Å². The average molecular weight is 386 g/mol. The highest BCUT2D eigenvalue weighted by Crippen LogP contribution is 2.40. The molecule has 2 rings (SSSR count). The van der Waals surface area contributed by atoms with Gasteiger partial charge in [-0.3, -0.25) is 0 Å². The molecule has 1 N–H and O–H groups in total. The lowest BCUT2D eigenvalue weighted by atomic mass is 9.79. The maximum Gasteiger partial charge on any atom is 0.594 e. The number of anilines is 1. The molecule has 0 heterocycles. The number of nitrogens with one attached hydrogen (secondary N) is 1. The number of hydrogen-bond acceptors (Lipinski definition) is 2. The minimum absolute atomic E-state index is 0.0388. The van der Waals surface area contributed by atoms with Crippen molar-refractivity contribution in [3.63, 3.8) is 0 Å². The highest BCUT2D eigenvalue weighted by atomic mass is 35.5. The maximum atomic E-state index is 6.64. The Morgan fingerprint density at radius 2 is 1.30 bits per heavy atom. The Hall–Kier alpha value is -1.61. The Morgan fingerprint density at radius 3 is 1.70 bits per heavy atom. The highest BCUT2D eigenvalue weighted by molar-refractivity contribution is 7.05. The van der Waals surface area contributed by atoms with Crippen LogP contribution in [0.2, 0.25) is 0 Å². The molecule has 0 fully saturated rings. The fraction of sp³-hybridized carbons (Fsp3) is 0.478. The molecule has 0 radical (unpaired) electrons. The van der Waals surface area contributed by atoms with Gasteiger partial charge in [-0.1, -0.05) is 77.4 Å². The minimum Gasteiger partial charge on any atom is -0.528 e. The van der Waals surface area contributed by atoms with Crippen LogP contribution in [0.25, 0.3) is 0 Å². The van der Waals surface area contributed by atoms with Gasteiger partial charge in [-0.15, -0.1) is 11.5 Å². The van der Waals surface area contributed by atoms with Crippen LogP contribution in [0.5, 0.6) is 5.75 Å². The zero-order valence-corrected chi connectivity index (χ0v) is 19.0. The van der Waals surface area contributed by atoms with Crippen molar-refractivity contribution in [2.75, 3.05) is 5.23 Å². The van der Waals surface area contributed by atoms with Crippen LogP contribution in [0.4, 0.5) is 5.69 Å². The largest absolute Gasteiger partial charge is 0.594 e. The predicted molar refractivity (Wildman–Crippen MR) is 120 cm³/mol. The van der Waals surface area contributed by atoms with E-state index in [-0.39, 0.29) is 10.8 Å². The molecule has 4 heteroatoms. The van der Waals surface area contributed by atoms with Crippen LogP contribution < -0.4 is 9.88 Å². The van der Waals surface area contributed by atoms with Crippen LogP contribution in [0, 0.1) is 20.8 Å². The summed E-state index contributed by atoms with van der Waals surface area (Å²) < 4.78 is 6.33. The van der Waals surface area contributed by atoms with Gasteiger partial charge in [-0.25, -0.2) is 0 Å². The van der Waals surface area contributed by atoms with Crippen molar-refractivity contribution < 1.29 is 4.65 Å². The second-order valence-electron chi connectivity index (χ2n) is 9.53. The third-order valence-corrected chi connectivity index (χ3v) is 4.99. The zero-order chi connectivity index (χ0) is 20.6. The topological polar surface area (TPSA) is 21.3 Å².